The van der Waals surface area contributed by atoms with Crippen LogP contribution in [0.2, 0.25) is 0 Å². The molecule has 4 nitrogen and oxygen atoms in total. The summed E-state index contributed by atoms with van der Waals surface area (Å²) in [5.41, 5.74) is 2.30. The lowest BCUT2D eigenvalue weighted by Gasteiger charge is -2.09. The maximum Gasteiger partial charge on any atom is 0.282 e. The molecule has 28 heavy (non-hydrogen) atoms. The summed E-state index contributed by atoms with van der Waals surface area (Å²) >= 11 is 3.50. The van der Waals surface area contributed by atoms with Crippen molar-refractivity contribution in [2.75, 3.05) is 0 Å². The zero-order valence-corrected chi connectivity index (χ0v) is 16.5. The molecule has 1 aromatic heterocycles. The highest BCUT2D eigenvalue weighted by Crippen LogP contribution is 2.19. The quantitative estimate of drug-likeness (QED) is 0.411. The summed E-state index contributed by atoms with van der Waals surface area (Å²) in [6.45, 7) is 0. The van der Waals surface area contributed by atoms with Crippen LogP contribution in [0.1, 0.15) is 5.56 Å². The molecule has 0 radical (unpaired) electrons. The Balaban J connectivity index is 1.84. The first-order valence-corrected chi connectivity index (χ1v) is 9.55. The van der Waals surface area contributed by atoms with Crippen molar-refractivity contribution in [3.8, 4) is 11.4 Å². The summed E-state index contributed by atoms with van der Waals surface area (Å²) in [7, 11) is 0. The van der Waals surface area contributed by atoms with Gasteiger partial charge in [0, 0.05) is 10.0 Å². The monoisotopic (exact) mass is 429 g/mol. The lowest BCUT2D eigenvalue weighted by Crippen LogP contribution is -2.20. The van der Waals surface area contributed by atoms with Gasteiger partial charge in [0.2, 0.25) is 0 Å². The Morgan fingerprint density at radius 1 is 0.893 bits per heavy atom. The van der Waals surface area contributed by atoms with E-state index in [1.807, 2.05) is 84.9 Å². The van der Waals surface area contributed by atoms with E-state index < -0.39 is 0 Å². The van der Waals surface area contributed by atoms with Crippen LogP contribution in [0.15, 0.2) is 99.3 Å². The minimum atomic E-state index is -0.208. The van der Waals surface area contributed by atoms with E-state index in [0.29, 0.717) is 16.7 Å². The SMILES string of the molecule is O=c1c2ccccc2nc(-c2ccccc2)n1/N=C/C(Br)=C/c1ccccc1. The first-order valence-electron chi connectivity index (χ1n) is 8.76. The van der Waals surface area contributed by atoms with Gasteiger partial charge in [0.1, 0.15) is 0 Å². The first-order chi connectivity index (χ1) is 13.7. The Morgan fingerprint density at radius 3 is 2.29 bits per heavy atom. The number of benzene rings is 3. The first kappa shape index (κ1) is 18.1. The lowest BCUT2D eigenvalue weighted by atomic mass is 10.2. The molecule has 4 aromatic rings. The fourth-order valence-corrected chi connectivity index (χ4v) is 3.22. The molecule has 0 N–H and O–H groups in total. The summed E-state index contributed by atoms with van der Waals surface area (Å²) in [5.74, 6) is 0.501. The molecule has 0 fully saturated rings. The number of nitrogens with zero attached hydrogens (tertiary/aromatic N) is 3. The molecule has 0 atom stereocenters. The molecule has 4 rings (SSSR count). The van der Waals surface area contributed by atoms with Crippen LogP contribution in [0.4, 0.5) is 0 Å². The standard InChI is InChI=1S/C23H16BrN3O/c24-19(15-17-9-3-1-4-10-17)16-25-27-22(18-11-5-2-6-12-18)26-21-14-8-7-13-20(21)23(27)28/h1-16H/b19-15-,25-16+. The smallest absolute Gasteiger partial charge is 0.267 e. The van der Waals surface area contributed by atoms with Crippen molar-refractivity contribution in [2.45, 2.75) is 0 Å². The van der Waals surface area contributed by atoms with Crippen LogP contribution >= 0.6 is 15.9 Å². The Kier molecular flexibility index (Phi) is 5.26. The van der Waals surface area contributed by atoms with Crippen molar-refractivity contribution in [1.82, 2.24) is 9.66 Å². The van der Waals surface area contributed by atoms with Crippen LogP contribution in [-0.2, 0) is 0 Å². The number of rotatable bonds is 4. The Hall–Kier alpha value is -3.31. The highest BCUT2D eigenvalue weighted by atomic mass is 79.9. The molecule has 3 aromatic carbocycles. The van der Waals surface area contributed by atoms with Crippen LogP contribution in [0, 0.1) is 0 Å². The molecule has 5 heteroatoms. The Bertz CT molecular complexity index is 1230. The van der Waals surface area contributed by atoms with Crippen molar-refractivity contribution in [3.63, 3.8) is 0 Å². The second-order valence-corrected chi connectivity index (χ2v) is 7.04. The van der Waals surface area contributed by atoms with Crippen LogP contribution in [0.5, 0.6) is 0 Å². The molecule has 0 aliphatic rings. The van der Waals surface area contributed by atoms with E-state index in [0.717, 1.165) is 15.6 Å². The number of hydrogen-bond donors (Lipinski definition) is 0. The van der Waals surface area contributed by atoms with Gasteiger partial charge in [-0.15, -0.1) is 0 Å². The van der Waals surface area contributed by atoms with Gasteiger partial charge in [-0.05, 0) is 39.7 Å². The summed E-state index contributed by atoms with van der Waals surface area (Å²) in [5, 5.41) is 4.96. The highest BCUT2D eigenvalue weighted by Gasteiger charge is 2.11. The van der Waals surface area contributed by atoms with Gasteiger partial charge in [-0.1, -0.05) is 72.8 Å². The van der Waals surface area contributed by atoms with Crippen molar-refractivity contribution < 1.29 is 0 Å². The van der Waals surface area contributed by atoms with Crippen LogP contribution in [0.3, 0.4) is 0 Å². The summed E-state index contributed by atoms with van der Waals surface area (Å²) in [6, 6.07) is 26.8. The number of fused-ring (bicyclic) bond motifs is 1. The average Bonchev–Trinajstić information content (AvgIpc) is 2.74. The van der Waals surface area contributed by atoms with Gasteiger partial charge >= 0.3 is 0 Å². The van der Waals surface area contributed by atoms with E-state index in [9.17, 15) is 4.79 Å². The van der Waals surface area contributed by atoms with E-state index in [4.69, 9.17) is 0 Å². The van der Waals surface area contributed by atoms with Crippen LogP contribution in [0.25, 0.3) is 28.4 Å². The molecule has 0 saturated carbocycles. The second-order valence-electron chi connectivity index (χ2n) is 6.12. The average molecular weight is 430 g/mol. The maximum absolute atomic E-state index is 13.1. The van der Waals surface area contributed by atoms with E-state index >= 15 is 0 Å². The minimum Gasteiger partial charge on any atom is -0.267 e. The topological polar surface area (TPSA) is 47.2 Å². The molecule has 0 spiro atoms. The molecule has 0 aliphatic heterocycles. The molecule has 0 amide bonds. The van der Waals surface area contributed by atoms with Crippen molar-refractivity contribution in [3.05, 3.63) is 105 Å². The minimum absolute atomic E-state index is 0.208. The number of halogens is 1. The predicted molar refractivity (Wildman–Crippen MR) is 119 cm³/mol. The van der Waals surface area contributed by atoms with Crippen molar-refractivity contribution >= 4 is 39.1 Å². The van der Waals surface area contributed by atoms with E-state index in [-0.39, 0.29) is 5.56 Å². The second kappa shape index (κ2) is 8.15. The third kappa shape index (κ3) is 3.85. The fourth-order valence-electron chi connectivity index (χ4n) is 2.86. The van der Waals surface area contributed by atoms with E-state index in [1.165, 1.54) is 4.68 Å². The highest BCUT2D eigenvalue weighted by molar-refractivity contribution is 9.12. The molecule has 1 heterocycles. The van der Waals surface area contributed by atoms with Crippen LogP contribution < -0.4 is 5.56 Å². The normalized spacial score (nSPS) is 12.0. The molecule has 0 saturated heterocycles. The molecule has 136 valence electrons. The zero-order valence-electron chi connectivity index (χ0n) is 14.9. The van der Waals surface area contributed by atoms with Crippen molar-refractivity contribution in [1.29, 1.82) is 0 Å². The summed E-state index contributed by atoms with van der Waals surface area (Å²) in [6.07, 6.45) is 3.54. The third-order valence-electron chi connectivity index (χ3n) is 4.19. The predicted octanol–water partition coefficient (Wildman–Crippen LogP) is 5.33. The van der Waals surface area contributed by atoms with Crippen LogP contribution in [-0.4, -0.2) is 15.9 Å². The number of para-hydroxylation sites is 1. The van der Waals surface area contributed by atoms with Gasteiger partial charge in [-0.25, -0.2) is 4.98 Å². The van der Waals surface area contributed by atoms with Gasteiger partial charge < -0.3 is 0 Å². The fraction of sp³-hybridized carbons (Fsp3) is 0. The molecular weight excluding hydrogens is 414 g/mol. The number of aromatic nitrogens is 2. The Labute approximate surface area is 170 Å². The van der Waals surface area contributed by atoms with Gasteiger partial charge in [0.15, 0.2) is 5.82 Å². The largest absolute Gasteiger partial charge is 0.282 e. The van der Waals surface area contributed by atoms with Gasteiger partial charge in [0.05, 0.1) is 17.1 Å². The number of hydrogen-bond acceptors (Lipinski definition) is 3. The molecule has 0 aliphatic carbocycles. The lowest BCUT2D eigenvalue weighted by molar-refractivity contribution is 0.830. The summed E-state index contributed by atoms with van der Waals surface area (Å²) < 4.78 is 2.09. The van der Waals surface area contributed by atoms with Gasteiger partial charge in [-0.3, -0.25) is 4.79 Å². The molecule has 0 unspecified atom stereocenters. The zero-order chi connectivity index (χ0) is 19.3. The van der Waals surface area contributed by atoms with E-state index in [1.54, 1.807) is 12.3 Å². The third-order valence-corrected chi connectivity index (χ3v) is 4.62. The van der Waals surface area contributed by atoms with Crippen molar-refractivity contribution in [2.24, 2.45) is 5.10 Å². The molecule has 0 bridgehead atoms. The molecular formula is C23H16BrN3O. The maximum atomic E-state index is 13.1. The number of allylic oxidation sites excluding steroid dienone is 1. The summed E-state index contributed by atoms with van der Waals surface area (Å²) in [4.78, 5) is 17.8. The van der Waals surface area contributed by atoms with Gasteiger partial charge in [-0.2, -0.15) is 9.78 Å². The van der Waals surface area contributed by atoms with Gasteiger partial charge in [0.25, 0.3) is 5.56 Å². The Morgan fingerprint density at radius 2 is 1.54 bits per heavy atom. The van der Waals surface area contributed by atoms with E-state index in [2.05, 4.69) is 26.0 Å².